The Bertz CT molecular complexity index is 971. The fourth-order valence-electron chi connectivity index (χ4n) is 2.68. The first-order valence-corrected chi connectivity index (χ1v) is 9.72. The van der Waals surface area contributed by atoms with Gasteiger partial charge in [0.15, 0.2) is 0 Å². The molecule has 4 amide bonds. The number of anilines is 1. The van der Waals surface area contributed by atoms with Gasteiger partial charge in [0.05, 0.1) is 4.91 Å². The number of nitrogens with one attached hydrogen (secondary N) is 2. The first-order chi connectivity index (χ1) is 13.9. The normalized spacial score (nSPS) is 14.9. The summed E-state index contributed by atoms with van der Waals surface area (Å²) >= 11 is 0.890. The van der Waals surface area contributed by atoms with E-state index in [0.29, 0.717) is 16.2 Å². The van der Waals surface area contributed by atoms with E-state index in [1.807, 2.05) is 30.3 Å². The second kappa shape index (κ2) is 9.20. The lowest BCUT2D eigenvalue weighted by Crippen LogP contribution is -2.37. The first kappa shape index (κ1) is 20.3. The molecule has 0 unspecified atom stereocenters. The Morgan fingerprint density at radius 2 is 1.72 bits per heavy atom. The van der Waals surface area contributed by atoms with Gasteiger partial charge in [-0.05, 0) is 47.7 Å². The molecule has 2 N–H and O–H groups in total. The molecule has 148 valence electrons. The Morgan fingerprint density at radius 1 is 1.03 bits per heavy atom. The molecule has 0 spiro atoms. The zero-order valence-electron chi connectivity index (χ0n) is 15.7. The van der Waals surface area contributed by atoms with Gasteiger partial charge in [-0.1, -0.05) is 30.3 Å². The largest absolute Gasteiger partial charge is 0.350 e. The maximum Gasteiger partial charge on any atom is 0.293 e. The van der Waals surface area contributed by atoms with Crippen LogP contribution in [0.2, 0.25) is 0 Å². The topological polar surface area (TPSA) is 95.6 Å². The lowest BCUT2D eigenvalue weighted by atomic mass is 10.2. The fourth-order valence-corrected chi connectivity index (χ4v) is 3.55. The number of rotatable bonds is 6. The van der Waals surface area contributed by atoms with E-state index in [1.165, 1.54) is 6.92 Å². The number of carbonyl (C=O) groups is 4. The van der Waals surface area contributed by atoms with Crippen LogP contribution in [0.1, 0.15) is 22.8 Å². The van der Waals surface area contributed by atoms with Gasteiger partial charge in [0.2, 0.25) is 5.91 Å². The van der Waals surface area contributed by atoms with Crippen LogP contribution < -0.4 is 10.6 Å². The number of benzene rings is 2. The van der Waals surface area contributed by atoms with Crippen molar-refractivity contribution in [1.29, 1.82) is 0 Å². The van der Waals surface area contributed by atoms with E-state index in [1.54, 1.807) is 30.3 Å². The van der Waals surface area contributed by atoms with E-state index in [0.717, 1.165) is 22.2 Å². The molecule has 2 aromatic carbocycles. The molecule has 2 aromatic rings. The van der Waals surface area contributed by atoms with Crippen molar-refractivity contribution in [2.45, 2.75) is 6.92 Å². The van der Waals surface area contributed by atoms with Crippen LogP contribution in [0.5, 0.6) is 0 Å². The summed E-state index contributed by atoms with van der Waals surface area (Å²) in [6.07, 6.45) is 1.68. The molecule has 8 heteroatoms. The van der Waals surface area contributed by atoms with Crippen molar-refractivity contribution in [3.05, 3.63) is 70.6 Å². The van der Waals surface area contributed by atoms with Crippen LogP contribution in [0, 0.1) is 0 Å². The number of carbonyl (C=O) groups excluding carboxylic acids is 4. The quantitative estimate of drug-likeness (QED) is 0.715. The minimum Gasteiger partial charge on any atom is -0.350 e. The molecular formula is C21H19N3O4S. The molecule has 0 bridgehead atoms. The molecule has 1 heterocycles. The zero-order chi connectivity index (χ0) is 20.8. The predicted molar refractivity (Wildman–Crippen MR) is 112 cm³/mol. The molecule has 3 rings (SSSR count). The van der Waals surface area contributed by atoms with Crippen molar-refractivity contribution < 1.29 is 19.2 Å². The number of imide groups is 1. The van der Waals surface area contributed by atoms with Crippen molar-refractivity contribution in [1.82, 2.24) is 10.2 Å². The summed E-state index contributed by atoms with van der Waals surface area (Å²) < 4.78 is 0. The van der Waals surface area contributed by atoms with Gasteiger partial charge >= 0.3 is 0 Å². The van der Waals surface area contributed by atoms with Crippen molar-refractivity contribution in [2.24, 2.45) is 0 Å². The molecule has 29 heavy (non-hydrogen) atoms. The van der Waals surface area contributed by atoms with Gasteiger partial charge in [0.25, 0.3) is 17.1 Å². The summed E-state index contributed by atoms with van der Waals surface area (Å²) in [6, 6.07) is 15.7. The Kier molecular flexibility index (Phi) is 6.46. The summed E-state index contributed by atoms with van der Waals surface area (Å²) in [6.45, 7) is 1.63. The van der Waals surface area contributed by atoms with Crippen molar-refractivity contribution in [3.63, 3.8) is 0 Å². The van der Waals surface area contributed by atoms with Gasteiger partial charge in [0.1, 0.15) is 0 Å². The number of hydrogen-bond donors (Lipinski definition) is 2. The van der Waals surface area contributed by atoms with Gasteiger partial charge in [-0.25, -0.2) is 0 Å². The van der Waals surface area contributed by atoms with Gasteiger partial charge in [0, 0.05) is 31.3 Å². The average molecular weight is 409 g/mol. The highest BCUT2D eigenvalue weighted by molar-refractivity contribution is 8.18. The van der Waals surface area contributed by atoms with Gasteiger partial charge in [-0.15, -0.1) is 0 Å². The molecule has 0 atom stereocenters. The zero-order valence-corrected chi connectivity index (χ0v) is 16.5. The third-order valence-electron chi connectivity index (χ3n) is 4.06. The van der Waals surface area contributed by atoms with Crippen LogP contribution in [-0.2, 0) is 9.59 Å². The standard InChI is InChI=1S/C21H19N3O4S/c1-14(25)23-17-9-7-16(8-10-17)19(26)22-11-12-24-20(27)18(29-21(24)28)13-15-5-3-2-4-6-15/h2-10,13H,11-12H2,1H3,(H,22,26)(H,23,25)/b18-13+. The predicted octanol–water partition coefficient (Wildman–Crippen LogP) is 3.11. The van der Waals surface area contributed by atoms with Gasteiger partial charge in [-0.3, -0.25) is 24.1 Å². The molecule has 1 saturated heterocycles. The molecule has 0 aliphatic carbocycles. The molecular weight excluding hydrogens is 390 g/mol. The SMILES string of the molecule is CC(=O)Nc1ccc(C(=O)NCCN2C(=O)S/C(=C/c3ccccc3)C2=O)cc1. The van der Waals surface area contributed by atoms with Crippen molar-refractivity contribution >= 4 is 46.5 Å². The van der Waals surface area contributed by atoms with E-state index >= 15 is 0 Å². The minimum atomic E-state index is -0.363. The summed E-state index contributed by atoms with van der Waals surface area (Å²) in [4.78, 5) is 49.3. The van der Waals surface area contributed by atoms with Crippen LogP contribution in [0.3, 0.4) is 0 Å². The van der Waals surface area contributed by atoms with Crippen molar-refractivity contribution in [3.8, 4) is 0 Å². The van der Waals surface area contributed by atoms with Crippen LogP contribution in [0.4, 0.5) is 10.5 Å². The Morgan fingerprint density at radius 3 is 2.38 bits per heavy atom. The third kappa shape index (κ3) is 5.32. The van der Waals surface area contributed by atoms with Gasteiger partial charge < -0.3 is 10.6 Å². The van der Waals surface area contributed by atoms with Crippen LogP contribution in [0.25, 0.3) is 6.08 Å². The smallest absolute Gasteiger partial charge is 0.293 e. The molecule has 1 fully saturated rings. The summed E-state index contributed by atoms with van der Waals surface area (Å²) in [5.41, 5.74) is 1.85. The monoisotopic (exact) mass is 409 g/mol. The Labute approximate surface area is 172 Å². The summed E-state index contributed by atoms with van der Waals surface area (Å²) in [5, 5.41) is 4.96. The molecule has 1 aliphatic rings. The number of amides is 4. The molecule has 7 nitrogen and oxygen atoms in total. The van der Waals surface area contributed by atoms with E-state index in [2.05, 4.69) is 10.6 Å². The highest BCUT2D eigenvalue weighted by atomic mass is 32.2. The van der Waals surface area contributed by atoms with Crippen molar-refractivity contribution in [2.75, 3.05) is 18.4 Å². The molecule has 0 aromatic heterocycles. The summed E-state index contributed by atoms with van der Waals surface area (Å²) in [5.74, 6) is -0.885. The third-order valence-corrected chi connectivity index (χ3v) is 4.97. The summed E-state index contributed by atoms with van der Waals surface area (Å²) in [7, 11) is 0. The first-order valence-electron chi connectivity index (χ1n) is 8.90. The average Bonchev–Trinajstić information content (AvgIpc) is 2.96. The lowest BCUT2D eigenvalue weighted by Gasteiger charge is -2.13. The fraction of sp³-hybridized carbons (Fsp3) is 0.143. The highest BCUT2D eigenvalue weighted by Gasteiger charge is 2.34. The lowest BCUT2D eigenvalue weighted by molar-refractivity contribution is -0.122. The highest BCUT2D eigenvalue weighted by Crippen LogP contribution is 2.31. The molecule has 1 aliphatic heterocycles. The second-order valence-corrected chi connectivity index (χ2v) is 7.25. The second-order valence-electron chi connectivity index (χ2n) is 6.26. The van der Waals surface area contributed by atoms with Gasteiger partial charge in [-0.2, -0.15) is 0 Å². The van der Waals surface area contributed by atoms with E-state index in [4.69, 9.17) is 0 Å². The maximum absolute atomic E-state index is 12.5. The number of hydrogen-bond acceptors (Lipinski definition) is 5. The van der Waals surface area contributed by atoms with Crippen LogP contribution in [-0.4, -0.2) is 41.0 Å². The Balaban J connectivity index is 1.54. The van der Waals surface area contributed by atoms with E-state index in [9.17, 15) is 19.2 Å². The number of thioether (sulfide) groups is 1. The number of nitrogens with zero attached hydrogens (tertiary/aromatic N) is 1. The van der Waals surface area contributed by atoms with Crippen LogP contribution in [0.15, 0.2) is 59.5 Å². The molecule has 0 radical (unpaired) electrons. The minimum absolute atomic E-state index is 0.0898. The Hall–Kier alpha value is -3.39. The van der Waals surface area contributed by atoms with E-state index < -0.39 is 0 Å². The van der Waals surface area contributed by atoms with Crippen LogP contribution >= 0.6 is 11.8 Å². The van der Waals surface area contributed by atoms with E-state index in [-0.39, 0.29) is 36.1 Å². The molecule has 0 saturated carbocycles. The maximum atomic E-state index is 12.5.